The summed E-state index contributed by atoms with van der Waals surface area (Å²) in [5, 5.41) is 0.779. The first-order chi connectivity index (χ1) is 7.27. The van der Waals surface area contributed by atoms with Crippen molar-refractivity contribution in [3.05, 3.63) is 34.9 Å². The number of rotatable bonds is 1. The molecule has 1 saturated carbocycles. The van der Waals surface area contributed by atoms with Gasteiger partial charge in [0.05, 0.1) is 5.41 Å². The van der Waals surface area contributed by atoms with E-state index in [1.54, 1.807) is 0 Å². The lowest BCUT2D eigenvalue weighted by Crippen LogP contribution is -2.26. The molecule has 78 valence electrons. The van der Waals surface area contributed by atoms with Gasteiger partial charge in [0.25, 0.3) is 0 Å². The molecule has 2 rings (SSSR count). The second-order valence-electron chi connectivity index (χ2n) is 4.29. The molecule has 0 amide bonds. The fraction of sp³-hybridized carbons (Fsp3) is 0.429. The van der Waals surface area contributed by atoms with E-state index in [0.717, 1.165) is 17.9 Å². The lowest BCUT2D eigenvalue weighted by Gasteiger charge is -2.33. The van der Waals surface area contributed by atoms with Gasteiger partial charge in [-0.15, -0.1) is 6.42 Å². The molecule has 0 atom stereocenters. The summed E-state index contributed by atoms with van der Waals surface area (Å²) in [6, 6.07) is 8.02. The third-order valence-electron chi connectivity index (χ3n) is 3.38. The quantitative estimate of drug-likeness (QED) is 0.621. The minimum Gasteiger partial charge on any atom is -0.119 e. The van der Waals surface area contributed by atoms with E-state index in [9.17, 15) is 0 Å². The Morgan fingerprint density at radius 1 is 1.07 bits per heavy atom. The molecule has 0 nitrogen and oxygen atoms in total. The second-order valence-corrected chi connectivity index (χ2v) is 4.73. The van der Waals surface area contributed by atoms with Gasteiger partial charge in [-0.05, 0) is 30.5 Å². The summed E-state index contributed by atoms with van der Waals surface area (Å²) in [6.07, 6.45) is 11.8. The van der Waals surface area contributed by atoms with Crippen LogP contribution in [-0.4, -0.2) is 0 Å². The van der Waals surface area contributed by atoms with Crippen molar-refractivity contribution in [2.45, 2.75) is 37.5 Å². The molecule has 0 heterocycles. The van der Waals surface area contributed by atoms with Crippen molar-refractivity contribution in [1.82, 2.24) is 0 Å². The second kappa shape index (κ2) is 4.29. The largest absolute Gasteiger partial charge is 0.119 e. The minimum atomic E-state index is -0.0250. The van der Waals surface area contributed by atoms with E-state index in [-0.39, 0.29) is 5.41 Å². The molecule has 0 aliphatic heterocycles. The molecule has 1 fully saturated rings. The Morgan fingerprint density at radius 3 is 2.20 bits per heavy atom. The summed E-state index contributed by atoms with van der Waals surface area (Å²) < 4.78 is 0. The van der Waals surface area contributed by atoms with E-state index < -0.39 is 0 Å². The Morgan fingerprint density at radius 2 is 1.67 bits per heavy atom. The van der Waals surface area contributed by atoms with Gasteiger partial charge in [-0.2, -0.15) is 0 Å². The van der Waals surface area contributed by atoms with Gasteiger partial charge in [-0.25, -0.2) is 0 Å². The van der Waals surface area contributed by atoms with Crippen molar-refractivity contribution >= 4 is 11.6 Å². The number of hydrogen-bond donors (Lipinski definition) is 0. The number of halogens is 1. The summed E-state index contributed by atoms with van der Waals surface area (Å²) in [5.74, 6) is 3.01. The van der Waals surface area contributed by atoms with Crippen molar-refractivity contribution in [1.29, 1.82) is 0 Å². The zero-order chi connectivity index (χ0) is 10.7. The van der Waals surface area contributed by atoms with Crippen LogP contribution in [0.4, 0.5) is 0 Å². The molecule has 0 unspecified atom stereocenters. The zero-order valence-corrected chi connectivity index (χ0v) is 9.56. The molecule has 0 N–H and O–H groups in total. The van der Waals surface area contributed by atoms with Crippen molar-refractivity contribution in [2.24, 2.45) is 0 Å². The van der Waals surface area contributed by atoms with Crippen LogP contribution >= 0.6 is 11.6 Å². The Balaban J connectivity index is 2.33. The molecule has 1 aliphatic rings. The SMILES string of the molecule is C#CC1(c2ccc(Cl)cc2)CCCCC1. The predicted molar refractivity (Wildman–Crippen MR) is 65.0 cm³/mol. The highest BCUT2D eigenvalue weighted by molar-refractivity contribution is 6.30. The van der Waals surface area contributed by atoms with E-state index in [2.05, 4.69) is 18.1 Å². The highest BCUT2D eigenvalue weighted by Crippen LogP contribution is 2.39. The van der Waals surface area contributed by atoms with E-state index in [0.29, 0.717) is 0 Å². The van der Waals surface area contributed by atoms with Crippen LogP contribution in [0.25, 0.3) is 0 Å². The molecule has 1 aliphatic carbocycles. The van der Waals surface area contributed by atoms with Gasteiger partial charge < -0.3 is 0 Å². The molecular weight excluding hydrogens is 204 g/mol. The molecule has 1 heteroatoms. The van der Waals surface area contributed by atoms with Crippen LogP contribution in [0.3, 0.4) is 0 Å². The summed E-state index contributed by atoms with van der Waals surface area (Å²) in [7, 11) is 0. The summed E-state index contributed by atoms with van der Waals surface area (Å²) in [6.45, 7) is 0. The lowest BCUT2D eigenvalue weighted by molar-refractivity contribution is 0.370. The molecule has 1 aromatic rings. The first kappa shape index (κ1) is 10.6. The molecule has 0 saturated heterocycles. The van der Waals surface area contributed by atoms with Crippen LogP contribution in [0.15, 0.2) is 24.3 Å². The highest BCUT2D eigenvalue weighted by Gasteiger charge is 2.31. The van der Waals surface area contributed by atoms with Gasteiger partial charge in [0.15, 0.2) is 0 Å². The van der Waals surface area contributed by atoms with Gasteiger partial charge in [0.1, 0.15) is 0 Å². The molecule has 0 aromatic heterocycles. The number of terminal acetylenes is 1. The Kier molecular flexibility index (Phi) is 3.03. The Labute approximate surface area is 96.6 Å². The standard InChI is InChI=1S/C14H15Cl/c1-2-14(10-4-3-5-11-14)12-6-8-13(15)9-7-12/h1,6-9H,3-5,10-11H2. The van der Waals surface area contributed by atoms with Gasteiger partial charge in [0.2, 0.25) is 0 Å². The molecular formula is C14H15Cl. The highest BCUT2D eigenvalue weighted by atomic mass is 35.5. The van der Waals surface area contributed by atoms with E-state index in [1.807, 2.05) is 12.1 Å². The summed E-state index contributed by atoms with van der Waals surface area (Å²) in [4.78, 5) is 0. The fourth-order valence-electron chi connectivity index (χ4n) is 2.44. The van der Waals surface area contributed by atoms with Gasteiger partial charge >= 0.3 is 0 Å². The van der Waals surface area contributed by atoms with Crippen LogP contribution in [0.5, 0.6) is 0 Å². The molecule has 15 heavy (non-hydrogen) atoms. The number of hydrogen-bond acceptors (Lipinski definition) is 0. The number of benzene rings is 1. The molecule has 1 aromatic carbocycles. The maximum atomic E-state index is 5.89. The maximum Gasteiger partial charge on any atom is 0.0560 e. The van der Waals surface area contributed by atoms with Gasteiger partial charge in [-0.3, -0.25) is 0 Å². The zero-order valence-electron chi connectivity index (χ0n) is 8.80. The van der Waals surface area contributed by atoms with Crippen molar-refractivity contribution in [3.8, 4) is 12.3 Å². The van der Waals surface area contributed by atoms with Crippen molar-refractivity contribution in [3.63, 3.8) is 0 Å². The average molecular weight is 219 g/mol. The summed E-state index contributed by atoms with van der Waals surface area (Å²) >= 11 is 5.89. The molecule has 0 spiro atoms. The third kappa shape index (κ3) is 2.03. The first-order valence-electron chi connectivity index (χ1n) is 5.51. The smallest absolute Gasteiger partial charge is 0.0560 e. The van der Waals surface area contributed by atoms with Crippen molar-refractivity contribution in [2.75, 3.05) is 0 Å². The van der Waals surface area contributed by atoms with Crippen molar-refractivity contribution < 1.29 is 0 Å². The van der Waals surface area contributed by atoms with Crippen LogP contribution in [0, 0.1) is 12.3 Å². The van der Waals surface area contributed by atoms with Gasteiger partial charge in [-0.1, -0.05) is 48.9 Å². The normalized spacial score (nSPS) is 19.5. The van der Waals surface area contributed by atoms with Gasteiger partial charge in [0, 0.05) is 5.02 Å². The predicted octanol–water partition coefficient (Wildman–Crippen LogP) is 4.18. The van der Waals surface area contributed by atoms with Crippen LogP contribution < -0.4 is 0 Å². The monoisotopic (exact) mass is 218 g/mol. The average Bonchev–Trinajstić information content (AvgIpc) is 2.31. The van der Waals surface area contributed by atoms with E-state index in [4.69, 9.17) is 18.0 Å². The first-order valence-corrected chi connectivity index (χ1v) is 5.88. The molecule has 0 radical (unpaired) electrons. The maximum absolute atomic E-state index is 5.89. The lowest BCUT2D eigenvalue weighted by atomic mass is 9.70. The van der Waals surface area contributed by atoms with E-state index >= 15 is 0 Å². The molecule has 0 bridgehead atoms. The van der Waals surface area contributed by atoms with Crippen LogP contribution in [-0.2, 0) is 5.41 Å². The van der Waals surface area contributed by atoms with Crippen LogP contribution in [0.1, 0.15) is 37.7 Å². The van der Waals surface area contributed by atoms with Crippen LogP contribution in [0.2, 0.25) is 5.02 Å². The van der Waals surface area contributed by atoms with E-state index in [1.165, 1.54) is 24.8 Å². The summed E-state index contributed by atoms with van der Waals surface area (Å²) in [5.41, 5.74) is 1.23. The topological polar surface area (TPSA) is 0 Å². The Bertz CT molecular complexity index is 363. The minimum absolute atomic E-state index is 0.0250. The fourth-order valence-corrected chi connectivity index (χ4v) is 2.57. The Hall–Kier alpha value is -0.930. The third-order valence-corrected chi connectivity index (χ3v) is 3.63.